The van der Waals surface area contributed by atoms with E-state index < -0.39 is 0 Å². The number of para-hydroxylation sites is 2. The average Bonchev–Trinajstić information content (AvgIpc) is 3.44. The third-order valence-corrected chi connectivity index (χ3v) is 6.08. The fourth-order valence-corrected chi connectivity index (χ4v) is 4.08. The molecule has 0 fully saturated rings. The third-order valence-electron chi connectivity index (χ3n) is 5.08. The highest BCUT2D eigenvalue weighted by molar-refractivity contribution is 7.98. The molecule has 0 amide bonds. The SMILES string of the molecule is CCc1ccc(-c2noc(CSc3nnc([C@H]4COc5ccccc5O4)n3C)n2)cc1. The van der Waals surface area contributed by atoms with Gasteiger partial charge in [0.05, 0.1) is 5.75 Å². The number of fused-ring (bicyclic) bond motifs is 1. The number of benzene rings is 2. The second-order valence-corrected chi connectivity index (χ2v) is 8.06. The standard InChI is InChI=1S/C22H21N5O3S/c1-3-14-8-10-15(11-9-14)20-23-19(30-26-20)13-31-22-25-24-21(27(22)2)18-12-28-16-6-4-5-7-17(16)29-18/h4-11,18H,3,12-13H2,1-2H3/t18-/m1/s1. The van der Waals surface area contributed by atoms with Crippen molar-refractivity contribution < 1.29 is 14.0 Å². The van der Waals surface area contributed by atoms with Crippen LogP contribution < -0.4 is 9.47 Å². The predicted octanol–water partition coefficient (Wildman–Crippen LogP) is 4.23. The Morgan fingerprint density at radius 3 is 2.68 bits per heavy atom. The van der Waals surface area contributed by atoms with Gasteiger partial charge in [0.2, 0.25) is 11.7 Å². The smallest absolute Gasteiger partial charge is 0.237 e. The lowest BCUT2D eigenvalue weighted by Crippen LogP contribution is -2.24. The van der Waals surface area contributed by atoms with Crippen molar-refractivity contribution in [3.63, 3.8) is 0 Å². The highest BCUT2D eigenvalue weighted by Crippen LogP contribution is 2.36. The number of aromatic nitrogens is 5. The van der Waals surface area contributed by atoms with Crippen molar-refractivity contribution in [2.24, 2.45) is 7.05 Å². The Hall–Kier alpha value is -3.33. The molecule has 0 bridgehead atoms. The Kier molecular flexibility index (Phi) is 5.33. The molecule has 0 radical (unpaired) electrons. The van der Waals surface area contributed by atoms with Gasteiger partial charge in [-0.15, -0.1) is 10.2 Å². The number of aryl methyl sites for hydroxylation is 1. The molecule has 2 aromatic carbocycles. The molecule has 0 unspecified atom stereocenters. The number of thioether (sulfide) groups is 1. The summed E-state index contributed by atoms with van der Waals surface area (Å²) in [5, 5.41) is 13.4. The summed E-state index contributed by atoms with van der Waals surface area (Å²) >= 11 is 1.48. The van der Waals surface area contributed by atoms with E-state index in [2.05, 4.69) is 39.4 Å². The molecule has 0 N–H and O–H groups in total. The number of hydrogen-bond acceptors (Lipinski definition) is 8. The van der Waals surface area contributed by atoms with Crippen LogP contribution in [0.5, 0.6) is 11.5 Å². The van der Waals surface area contributed by atoms with Crippen LogP contribution in [0.4, 0.5) is 0 Å². The van der Waals surface area contributed by atoms with Gasteiger partial charge in [-0.05, 0) is 24.1 Å². The summed E-state index contributed by atoms with van der Waals surface area (Å²) in [5.41, 5.74) is 2.21. The van der Waals surface area contributed by atoms with Crippen LogP contribution in [0.2, 0.25) is 0 Å². The quantitative estimate of drug-likeness (QED) is 0.416. The van der Waals surface area contributed by atoms with Gasteiger partial charge in [0.15, 0.2) is 28.6 Å². The molecular weight excluding hydrogens is 414 g/mol. The fraction of sp³-hybridized carbons (Fsp3) is 0.273. The van der Waals surface area contributed by atoms with E-state index in [1.165, 1.54) is 17.3 Å². The van der Waals surface area contributed by atoms with E-state index >= 15 is 0 Å². The fourth-order valence-electron chi connectivity index (χ4n) is 3.33. The summed E-state index contributed by atoms with van der Waals surface area (Å²) < 4.78 is 19.2. The van der Waals surface area contributed by atoms with Gasteiger partial charge in [-0.25, -0.2) is 0 Å². The molecule has 31 heavy (non-hydrogen) atoms. The summed E-state index contributed by atoms with van der Waals surface area (Å²) in [6, 6.07) is 15.8. The summed E-state index contributed by atoms with van der Waals surface area (Å²) in [6.07, 6.45) is 0.682. The number of rotatable bonds is 6. The molecule has 9 heteroatoms. The Labute approximate surface area is 183 Å². The summed E-state index contributed by atoms with van der Waals surface area (Å²) in [5.74, 6) is 3.78. The Balaban J connectivity index is 1.25. The lowest BCUT2D eigenvalue weighted by Gasteiger charge is -2.25. The van der Waals surface area contributed by atoms with Crippen molar-refractivity contribution in [3.8, 4) is 22.9 Å². The van der Waals surface area contributed by atoms with Gasteiger partial charge in [-0.1, -0.05) is 60.2 Å². The van der Waals surface area contributed by atoms with Crippen LogP contribution in [0.15, 0.2) is 58.2 Å². The molecule has 4 aromatic rings. The maximum atomic E-state index is 6.05. The minimum absolute atomic E-state index is 0.317. The maximum Gasteiger partial charge on any atom is 0.237 e. The minimum Gasteiger partial charge on any atom is -0.485 e. The van der Waals surface area contributed by atoms with E-state index in [0.29, 0.717) is 35.6 Å². The summed E-state index contributed by atoms with van der Waals surface area (Å²) in [4.78, 5) is 4.50. The zero-order chi connectivity index (χ0) is 21.2. The van der Waals surface area contributed by atoms with Gasteiger partial charge < -0.3 is 18.6 Å². The first kappa shape index (κ1) is 19.6. The van der Waals surface area contributed by atoms with Crippen LogP contribution in [0.25, 0.3) is 11.4 Å². The molecule has 1 atom stereocenters. The van der Waals surface area contributed by atoms with Gasteiger partial charge in [0.25, 0.3) is 0 Å². The Bertz CT molecular complexity index is 1190. The monoisotopic (exact) mass is 435 g/mol. The van der Waals surface area contributed by atoms with Crippen LogP contribution in [-0.2, 0) is 19.2 Å². The van der Waals surface area contributed by atoms with E-state index in [1.54, 1.807) is 0 Å². The van der Waals surface area contributed by atoms with Crippen LogP contribution in [0.1, 0.15) is 30.3 Å². The van der Waals surface area contributed by atoms with E-state index in [0.717, 1.165) is 22.9 Å². The maximum absolute atomic E-state index is 6.05. The molecule has 0 aliphatic carbocycles. The van der Waals surface area contributed by atoms with E-state index in [-0.39, 0.29) is 6.10 Å². The topological polar surface area (TPSA) is 88.1 Å². The largest absolute Gasteiger partial charge is 0.485 e. The minimum atomic E-state index is -0.317. The molecule has 1 aliphatic heterocycles. The molecule has 5 rings (SSSR count). The van der Waals surface area contributed by atoms with Crippen LogP contribution in [-0.4, -0.2) is 31.5 Å². The van der Waals surface area contributed by atoms with E-state index in [9.17, 15) is 0 Å². The summed E-state index contributed by atoms with van der Waals surface area (Å²) in [6.45, 7) is 2.51. The molecule has 3 heterocycles. The first-order valence-electron chi connectivity index (χ1n) is 10.0. The molecule has 8 nitrogen and oxygen atoms in total. The van der Waals surface area contributed by atoms with Crippen LogP contribution >= 0.6 is 11.8 Å². The normalized spacial score (nSPS) is 15.2. The molecule has 158 valence electrons. The van der Waals surface area contributed by atoms with Gasteiger partial charge in [0, 0.05) is 12.6 Å². The van der Waals surface area contributed by atoms with Crippen LogP contribution in [0.3, 0.4) is 0 Å². The number of hydrogen-bond donors (Lipinski definition) is 0. The molecular formula is C22H21N5O3S. The van der Waals surface area contributed by atoms with Crippen molar-refractivity contribution in [2.45, 2.75) is 30.4 Å². The Morgan fingerprint density at radius 1 is 1.06 bits per heavy atom. The summed E-state index contributed by atoms with van der Waals surface area (Å²) in [7, 11) is 1.91. The van der Waals surface area contributed by atoms with E-state index in [4.69, 9.17) is 14.0 Å². The van der Waals surface area contributed by atoms with Crippen molar-refractivity contribution in [3.05, 3.63) is 65.8 Å². The second kappa shape index (κ2) is 8.43. The zero-order valence-corrected chi connectivity index (χ0v) is 18.0. The lowest BCUT2D eigenvalue weighted by atomic mass is 10.1. The third kappa shape index (κ3) is 4.00. The van der Waals surface area contributed by atoms with Gasteiger partial charge in [0.1, 0.15) is 6.61 Å². The van der Waals surface area contributed by atoms with Gasteiger partial charge >= 0.3 is 0 Å². The van der Waals surface area contributed by atoms with Crippen molar-refractivity contribution in [1.29, 1.82) is 0 Å². The molecule has 0 saturated heterocycles. The number of nitrogens with zero attached hydrogens (tertiary/aromatic N) is 5. The second-order valence-electron chi connectivity index (χ2n) is 7.11. The first-order chi connectivity index (χ1) is 15.2. The van der Waals surface area contributed by atoms with Crippen molar-refractivity contribution in [1.82, 2.24) is 24.9 Å². The highest BCUT2D eigenvalue weighted by Gasteiger charge is 2.27. The molecule has 2 aromatic heterocycles. The first-order valence-corrected chi connectivity index (χ1v) is 11.0. The lowest BCUT2D eigenvalue weighted by molar-refractivity contribution is 0.0825. The molecule has 1 aliphatic rings. The Morgan fingerprint density at radius 2 is 1.87 bits per heavy atom. The highest BCUT2D eigenvalue weighted by atomic mass is 32.2. The van der Waals surface area contributed by atoms with Crippen LogP contribution in [0, 0.1) is 0 Å². The average molecular weight is 436 g/mol. The van der Waals surface area contributed by atoms with Crippen molar-refractivity contribution in [2.75, 3.05) is 6.61 Å². The molecule has 0 saturated carbocycles. The number of ether oxygens (including phenoxy) is 2. The van der Waals surface area contributed by atoms with Gasteiger partial charge in [-0.2, -0.15) is 4.98 Å². The zero-order valence-electron chi connectivity index (χ0n) is 17.2. The van der Waals surface area contributed by atoms with E-state index in [1.807, 2.05) is 48.0 Å². The van der Waals surface area contributed by atoms with Crippen molar-refractivity contribution >= 4 is 11.8 Å². The molecule has 0 spiro atoms. The van der Waals surface area contributed by atoms with Gasteiger partial charge in [-0.3, -0.25) is 0 Å². The predicted molar refractivity (Wildman–Crippen MR) is 115 cm³/mol.